The SMILES string of the molecule is O=C(O)CN(C1CCCC1)S(=O)(=O)c1ccc(C(OC2CCCC2)C(=O)Nc2nc(C(O)CO)ns2)cc1. The highest BCUT2D eigenvalue weighted by atomic mass is 32.2. The number of anilines is 1. The third-order valence-corrected chi connectivity index (χ3v) is 9.38. The summed E-state index contributed by atoms with van der Waals surface area (Å²) < 4.78 is 37.9. The van der Waals surface area contributed by atoms with Gasteiger partial charge in [0.05, 0.1) is 17.6 Å². The highest BCUT2D eigenvalue weighted by molar-refractivity contribution is 7.89. The molecule has 0 radical (unpaired) electrons. The molecular weight excluding hydrogens is 536 g/mol. The molecule has 4 N–H and O–H groups in total. The van der Waals surface area contributed by atoms with Crippen molar-refractivity contribution < 1.29 is 38.1 Å². The highest BCUT2D eigenvalue weighted by Gasteiger charge is 2.35. The smallest absolute Gasteiger partial charge is 0.318 e. The molecule has 0 spiro atoms. The number of rotatable bonds is 12. The van der Waals surface area contributed by atoms with Crippen molar-refractivity contribution in [1.29, 1.82) is 0 Å². The number of carboxylic acid groups (broad SMARTS) is 1. The molecule has 2 aliphatic rings. The van der Waals surface area contributed by atoms with Gasteiger partial charge in [0, 0.05) is 17.6 Å². The first-order valence-corrected chi connectivity index (χ1v) is 14.8. The summed E-state index contributed by atoms with van der Waals surface area (Å²) in [4.78, 5) is 28.6. The Labute approximate surface area is 224 Å². The number of carbonyl (C=O) groups is 2. The number of amides is 1. The van der Waals surface area contributed by atoms with Crippen LogP contribution < -0.4 is 5.32 Å². The normalized spacial score (nSPS) is 18.6. The zero-order chi connectivity index (χ0) is 27.3. The molecule has 12 nitrogen and oxygen atoms in total. The Kier molecular flexibility index (Phi) is 9.44. The minimum absolute atomic E-state index is 0.0104. The number of hydrogen-bond acceptors (Lipinski definition) is 10. The lowest BCUT2D eigenvalue weighted by Crippen LogP contribution is -2.42. The molecule has 208 valence electrons. The van der Waals surface area contributed by atoms with Crippen LogP contribution in [0.3, 0.4) is 0 Å². The molecule has 14 heteroatoms. The molecule has 1 aromatic heterocycles. The van der Waals surface area contributed by atoms with Crippen molar-refractivity contribution >= 4 is 38.6 Å². The first kappa shape index (κ1) is 28.5. The number of nitrogens with one attached hydrogen (secondary N) is 1. The minimum atomic E-state index is -4.07. The number of benzene rings is 1. The zero-order valence-electron chi connectivity index (χ0n) is 20.7. The molecule has 2 atom stereocenters. The third kappa shape index (κ3) is 6.74. The molecule has 1 aromatic carbocycles. The topological polar surface area (TPSA) is 179 Å². The maximum atomic E-state index is 13.4. The van der Waals surface area contributed by atoms with Crippen molar-refractivity contribution in [2.45, 2.75) is 80.6 Å². The number of carboxylic acids is 1. The zero-order valence-corrected chi connectivity index (χ0v) is 22.4. The maximum absolute atomic E-state index is 13.4. The summed E-state index contributed by atoms with van der Waals surface area (Å²) in [6.45, 7) is -1.17. The van der Waals surface area contributed by atoms with Gasteiger partial charge in [0.1, 0.15) is 12.6 Å². The van der Waals surface area contributed by atoms with Gasteiger partial charge >= 0.3 is 5.97 Å². The molecule has 2 aliphatic carbocycles. The molecule has 2 saturated carbocycles. The Morgan fingerprint density at radius 2 is 1.74 bits per heavy atom. The monoisotopic (exact) mass is 568 g/mol. The van der Waals surface area contributed by atoms with E-state index in [0.29, 0.717) is 18.4 Å². The van der Waals surface area contributed by atoms with E-state index in [1.807, 2.05) is 0 Å². The number of aliphatic carboxylic acids is 1. The first-order chi connectivity index (χ1) is 18.2. The Bertz CT molecular complexity index is 1210. The fraction of sp³-hybridized carbons (Fsp3) is 0.583. The van der Waals surface area contributed by atoms with Crippen molar-refractivity contribution in [2.24, 2.45) is 0 Å². The lowest BCUT2D eigenvalue weighted by atomic mass is 10.1. The van der Waals surface area contributed by atoms with E-state index in [2.05, 4.69) is 14.7 Å². The van der Waals surface area contributed by atoms with E-state index in [1.54, 1.807) is 0 Å². The summed E-state index contributed by atoms with van der Waals surface area (Å²) in [5, 5.41) is 30.9. The molecule has 2 aromatic rings. The van der Waals surface area contributed by atoms with Crippen molar-refractivity contribution in [3.63, 3.8) is 0 Å². The van der Waals surface area contributed by atoms with Gasteiger partial charge in [0.2, 0.25) is 15.2 Å². The van der Waals surface area contributed by atoms with Crippen LogP contribution in [0.25, 0.3) is 0 Å². The molecule has 1 amide bonds. The van der Waals surface area contributed by atoms with E-state index in [1.165, 1.54) is 24.3 Å². The standard InChI is InChI=1S/C24H32N4O8S2/c29-14-19(30)22-25-24(37-27-22)26-23(33)21(36-17-7-3-4-8-17)15-9-11-18(12-10-15)38(34,35)28(13-20(31)32)16-5-1-2-6-16/h9-12,16-17,19,21,29-30H,1-8,13-14H2,(H,31,32)(H,25,26,27,33). The van der Waals surface area contributed by atoms with Crippen LogP contribution in [0, 0.1) is 0 Å². The summed E-state index contributed by atoms with van der Waals surface area (Å²) in [6.07, 6.45) is 4.03. The van der Waals surface area contributed by atoms with Gasteiger partial charge in [-0.3, -0.25) is 14.9 Å². The van der Waals surface area contributed by atoms with Gasteiger partial charge in [-0.1, -0.05) is 37.8 Å². The average Bonchev–Trinajstić information content (AvgIpc) is 3.69. The molecule has 2 fully saturated rings. The number of aliphatic hydroxyl groups excluding tert-OH is 2. The number of aromatic nitrogens is 2. The Morgan fingerprint density at radius 1 is 1.11 bits per heavy atom. The molecule has 2 unspecified atom stereocenters. The van der Waals surface area contributed by atoms with Crippen LogP contribution in [-0.4, -0.2) is 74.6 Å². The van der Waals surface area contributed by atoms with Crippen LogP contribution in [0.2, 0.25) is 0 Å². The molecule has 4 rings (SSSR count). The molecule has 1 heterocycles. The molecule has 0 bridgehead atoms. The van der Waals surface area contributed by atoms with Crippen LogP contribution in [0.1, 0.15) is 75.0 Å². The number of carbonyl (C=O) groups excluding carboxylic acids is 1. The van der Waals surface area contributed by atoms with Gasteiger partial charge in [-0.25, -0.2) is 13.4 Å². The lowest BCUT2D eigenvalue weighted by Gasteiger charge is -2.27. The van der Waals surface area contributed by atoms with Crippen molar-refractivity contribution in [2.75, 3.05) is 18.5 Å². The van der Waals surface area contributed by atoms with E-state index >= 15 is 0 Å². The average molecular weight is 569 g/mol. The minimum Gasteiger partial charge on any atom is -0.480 e. The summed E-state index contributed by atoms with van der Waals surface area (Å²) >= 11 is 0.850. The van der Waals surface area contributed by atoms with Crippen molar-refractivity contribution in [3.8, 4) is 0 Å². The molecular formula is C24H32N4O8S2. The van der Waals surface area contributed by atoms with E-state index < -0.39 is 47.3 Å². The maximum Gasteiger partial charge on any atom is 0.318 e. The number of hydrogen-bond donors (Lipinski definition) is 4. The molecule has 0 aliphatic heterocycles. The largest absolute Gasteiger partial charge is 0.480 e. The van der Waals surface area contributed by atoms with Crippen LogP contribution in [0.5, 0.6) is 0 Å². The summed E-state index contributed by atoms with van der Waals surface area (Å²) in [6, 6.07) is 5.38. The first-order valence-electron chi connectivity index (χ1n) is 12.6. The Hall–Kier alpha value is -2.49. The summed E-state index contributed by atoms with van der Waals surface area (Å²) in [5.41, 5.74) is 0.430. The second-order valence-electron chi connectivity index (χ2n) is 9.52. The quantitative estimate of drug-likeness (QED) is 0.297. The van der Waals surface area contributed by atoms with Crippen LogP contribution in [0.15, 0.2) is 29.2 Å². The van der Waals surface area contributed by atoms with Gasteiger partial charge < -0.3 is 20.1 Å². The number of nitrogens with zero attached hydrogens (tertiary/aromatic N) is 3. The Morgan fingerprint density at radius 3 is 2.34 bits per heavy atom. The van der Waals surface area contributed by atoms with Gasteiger partial charge in [0.25, 0.3) is 5.91 Å². The summed E-state index contributed by atoms with van der Waals surface area (Å²) in [5.74, 6) is -1.76. The number of sulfonamides is 1. The number of aliphatic hydroxyl groups is 2. The van der Waals surface area contributed by atoms with Crippen LogP contribution >= 0.6 is 11.5 Å². The van der Waals surface area contributed by atoms with Crippen LogP contribution in [0.4, 0.5) is 5.13 Å². The fourth-order valence-electron chi connectivity index (χ4n) is 4.87. The van der Waals surface area contributed by atoms with Gasteiger partial charge in [-0.15, -0.1) is 0 Å². The Balaban J connectivity index is 1.56. The fourth-order valence-corrected chi connectivity index (χ4v) is 7.13. The predicted octanol–water partition coefficient (Wildman–Crippen LogP) is 2.22. The molecule has 0 saturated heterocycles. The lowest BCUT2D eigenvalue weighted by molar-refractivity contribution is -0.137. The van der Waals surface area contributed by atoms with Gasteiger partial charge in [-0.05, 0) is 43.4 Å². The van der Waals surface area contributed by atoms with Crippen molar-refractivity contribution in [1.82, 2.24) is 13.7 Å². The predicted molar refractivity (Wildman–Crippen MR) is 137 cm³/mol. The third-order valence-electron chi connectivity index (χ3n) is 6.82. The molecule has 38 heavy (non-hydrogen) atoms. The highest BCUT2D eigenvalue weighted by Crippen LogP contribution is 2.32. The second kappa shape index (κ2) is 12.6. The summed E-state index contributed by atoms with van der Waals surface area (Å²) in [7, 11) is -4.07. The van der Waals surface area contributed by atoms with E-state index in [0.717, 1.165) is 54.4 Å². The number of ether oxygens (including phenoxy) is 1. The van der Waals surface area contributed by atoms with Gasteiger partial charge in [0.15, 0.2) is 11.9 Å². The van der Waals surface area contributed by atoms with E-state index in [4.69, 9.17) is 9.84 Å². The van der Waals surface area contributed by atoms with Gasteiger partial charge in [-0.2, -0.15) is 8.68 Å². The van der Waals surface area contributed by atoms with Crippen LogP contribution in [-0.2, 0) is 24.3 Å². The van der Waals surface area contributed by atoms with E-state index in [9.17, 15) is 28.2 Å². The van der Waals surface area contributed by atoms with E-state index in [-0.39, 0.29) is 28.0 Å². The second-order valence-corrected chi connectivity index (χ2v) is 12.2. The van der Waals surface area contributed by atoms with Crippen molar-refractivity contribution in [3.05, 3.63) is 35.7 Å².